The van der Waals surface area contributed by atoms with Gasteiger partial charge in [0.2, 0.25) is 0 Å². The predicted molar refractivity (Wildman–Crippen MR) is 64.6 cm³/mol. The Morgan fingerprint density at radius 2 is 2.19 bits per heavy atom. The van der Waals surface area contributed by atoms with E-state index in [2.05, 4.69) is 6.07 Å². The van der Waals surface area contributed by atoms with Crippen LogP contribution in [0.4, 0.5) is 0 Å². The molecule has 0 heterocycles. The fourth-order valence-corrected chi connectivity index (χ4v) is 1.92. The molecule has 0 spiro atoms. The molecule has 3 nitrogen and oxygen atoms in total. The van der Waals surface area contributed by atoms with Crippen molar-refractivity contribution in [2.24, 2.45) is 5.73 Å². The van der Waals surface area contributed by atoms with Gasteiger partial charge in [0.15, 0.2) is 0 Å². The highest BCUT2D eigenvalue weighted by Crippen LogP contribution is 2.35. The van der Waals surface area contributed by atoms with E-state index in [-0.39, 0.29) is 12.5 Å². The van der Waals surface area contributed by atoms with Crippen molar-refractivity contribution in [3.63, 3.8) is 0 Å². The molecule has 1 aromatic rings. The number of hydrogen-bond donors (Lipinski definition) is 1. The maximum absolute atomic E-state index is 8.67. The fourth-order valence-electron chi connectivity index (χ4n) is 1.77. The molecule has 0 aliphatic rings. The summed E-state index contributed by atoms with van der Waals surface area (Å²) >= 11 is 6.16. The predicted octanol–water partition coefficient (Wildman–Crippen LogP) is 2.88. The molecule has 0 fully saturated rings. The average molecular weight is 239 g/mol. The van der Waals surface area contributed by atoms with Crippen molar-refractivity contribution in [2.75, 3.05) is 7.11 Å². The minimum atomic E-state index is -0.363. The number of nitrogens with zero attached hydrogens (tertiary/aromatic N) is 1. The van der Waals surface area contributed by atoms with Crippen LogP contribution in [0.2, 0.25) is 5.02 Å². The van der Waals surface area contributed by atoms with E-state index in [0.717, 1.165) is 16.7 Å². The van der Waals surface area contributed by atoms with Crippen molar-refractivity contribution in [3.8, 4) is 11.8 Å². The number of hydrogen-bond acceptors (Lipinski definition) is 3. The molecule has 0 aromatic heterocycles. The van der Waals surface area contributed by atoms with Gasteiger partial charge in [-0.3, -0.25) is 0 Å². The largest absolute Gasteiger partial charge is 0.496 e. The summed E-state index contributed by atoms with van der Waals surface area (Å²) < 4.78 is 5.28. The van der Waals surface area contributed by atoms with Crippen molar-refractivity contribution in [3.05, 3.63) is 27.8 Å². The Labute approximate surface area is 101 Å². The van der Waals surface area contributed by atoms with Crippen LogP contribution in [0.15, 0.2) is 6.07 Å². The molecule has 0 amide bonds. The Morgan fingerprint density at radius 1 is 1.56 bits per heavy atom. The van der Waals surface area contributed by atoms with Gasteiger partial charge in [-0.05, 0) is 31.0 Å². The molecular weight excluding hydrogens is 224 g/mol. The van der Waals surface area contributed by atoms with Gasteiger partial charge in [-0.1, -0.05) is 11.6 Å². The molecule has 4 heteroatoms. The molecule has 0 saturated heterocycles. The zero-order chi connectivity index (χ0) is 12.3. The molecule has 0 radical (unpaired) electrons. The van der Waals surface area contributed by atoms with E-state index in [1.807, 2.05) is 19.9 Å². The fraction of sp³-hybridized carbons (Fsp3) is 0.417. The Hall–Kier alpha value is -1.24. The second-order valence-corrected chi connectivity index (χ2v) is 4.10. The summed E-state index contributed by atoms with van der Waals surface area (Å²) in [4.78, 5) is 0. The Balaban J connectivity index is 3.36. The van der Waals surface area contributed by atoms with Crippen LogP contribution in [0.5, 0.6) is 5.75 Å². The smallest absolute Gasteiger partial charge is 0.124 e. The van der Waals surface area contributed by atoms with E-state index in [0.29, 0.717) is 10.8 Å². The van der Waals surface area contributed by atoms with E-state index in [1.54, 1.807) is 7.11 Å². The summed E-state index contributed by atoms with van der Waals surface area (Å²) in [7, 11) is 1.59. The van der Waals surface area contributed by atoms with Crippen molar-refractivity contribution in [1.82, 2.24) is 0 Å². The minimum Gasteiger partial charge on any atom is -0.496 e. The number of aryl methyl sites for hydroxylation is 1. The molecule has 0 aliphatic heterocycles. The first-order valence-electron chi connectivity index (χ1n) is 4.99. The summed E-state index contributed by atoms with van der Waals surface area (Å²) in [6.07, 6.45) is 0.247. The van der Waals surface area contributed by atoms with E-state index in [1.165, 1.54) is 0 Å². The normalized spacial score (nSPS) is 12.0. The van der Waals surface area contributed by atoms with Gasteiger partial charge < -0.3 is 10.5 Å². The Kier molecular flexibility index (Phi) is 4.17. The number of halogens is 1. The molecule has 1 unspecified atom stereocenters. The molecule has 86 valence electrons. The van der Waals surface area contributed by atoms with Crippen LogP contribution >= 0.6 is 11.6 Å². The molecule has 0 aliphatic carbocycles. The van der Waals surface area contributed by atoms with Gasteiger partial charge in [0.05, 0.1) is 19.6 Å². The molecule has 0 bridgehead atoms. The lowest BCUT2D eigenvalue weighted by Crippen LogP contribution is -2.13. The monoisotopic (exact) mass is 238 g/mol. The minimum absolute atomic E-state index is 0.247. The SMILES string of the molecule is COc1cc(C)c(Cl)c(C)c1C(N)CC#N. The second kappa shape index (κ2) is 5.20. The molecular formula is C12H15ClN2O. The highest BCUT2D eigenvalue weighted by atomic mass is 35.5. The van der Waals surface area contributed by atoms with Crippen LogP contribution in [-0.4, -0.2) is 7.11 Å². The van der Waals surface area contributed by atoms with Gasteiger partial charge in [-0.2, -0.15) is 5.26 Å². The van der Waals surface area contributed by atoms with Crippen molar-refractivity contribution in [2.45, 2.75) is 26.3 Å². The van der Waals surface area contributed by atoms with Gasteiger partial charge in [-0.25, -0.2) is 0 Å². The third-order valence-corrected chi connectivity index (χ3v) is 3.18. The van der Waals surface area contributed by atoms with Crippen molar-refractivity contribution >= 4 is 11.6 Å². The third kappa shape index (κ3) is 2.29. The molecule has 0 saturated carbocycles. The van der Waals surface area contributed by atoms with E-state index >= 15 is 0 Å². The number of ether oxygens (including phenoxy) is 1. The van der Waals surface area contributed by atoms with E-state index in [9.17, 15) is 0 Å². The zero-order valence-electron chi connectivity index (χ0n) is 9.67. The third-order valence-electron chi connectivity index (χ3n) is 2.59. The topological polar surface area (TPSA) is 59.0 Å². The molecule has 1 aromatic carbocycles. The van der Waals surface area contributed by atoms with Gasteiger partial charge in [0.25, 0.3) is 0 Å². The van der Waals surface area contributed by atoms with Crippen molar-refractivity contribution < 1.29 is 4.74 Å². The van der Waals surface area contributed by atoms with Crippen LogP contribution in [0, 0.1) is 25.2 Å². The van der Waals surface area contributed by atoms with E-state index in [4.69, 9.17) is 27.3 Å². The summed E-state index contributed by atoms with van der Waals surface area (Å²) in [5.74, 6) is 0.696. The lowest BCUT2D eigenvalue weighted by atomic mass is 9.96. The van der Waals surface area contributed by atoms with Crippen LogP contribution in [-0.2, 0) is 0 Å². The summed E-state index contributed by atoms with van der Waals surface area (Å²) in [6.45, 7) is 3.81. The molecule has 1 atom stereocenters. The lowest BCUT2D eigenvalue weighted by Gasteiger charge is -2.18. The lowest BCUT2D eigenvalue weighted by molar-refractivity contribution is 0.405. The average Bonchev–Trinajstić information content (AvgIpc) is 2.25. The highest BCUT2D eigenvalue weighted by Gasteiger charge is 2.18. The number of nitrogens with two attached hydrogens (primary N) is 1. The quantitative estimate of drug-likeness (QED) is 0.881. The first kappa shape index (κ1) is 12.8. The number of nitriles is 1. The standard InChI is InChI=1S/C12H15ClN2O/c1-7-6-10(16-3)11(8(2)12(7)13)9(15)4-5-14/h6,9H,4,15H2,1-3H3. The zero-order valence-corrected chi connectivity index (χ0v) is 10.4. The summed E-state index contributed by atoms with van der Waals surface area (Å²) in [5, 5.41) is 9.36. The van der Waals surface area contributed by atoms with Gasteiger partial charge in [0.1, 0.15) is 5.75 Å². The summed E-state index contributed by atoms with van der Waals surface area (Å²) in [5.41, 5.74) is 8.60. The number of rotatable bonds is 3. The van der Waals surface area contributed by atoms with Crippen LogP contribution < -0.4 is 10.5 Å². The second-order valence-electron chi connectivity index (χ2n) is 3.72. The Bertz CT molecular complexity index is 438. The molecule has 16 heavy (non-hydrogen) atoms. The van der Waals surface area contributed by atoms with Crippen molar-refractivity contribution in [1.29, 1.82) is 5.26 Å². The maximum Gasteiger partial charge on any atom is 0.124 e. The van der Waals surface area contributed by atoms with Gasteiger partial charge >= 0.3 is 0 Å². The van der Waals surface area contributed by atoms with E-state index < -0.39 is 0 Å². The van der Waals surface area contributed by atoms with Gasteiger partial charge in [-0.15, -0.1) is 0 Å². The summed E-state index contributed by atoms with van der Waals surface area (Å²) in [6, 6.07) is 3.54. The van der Waals surface area contributed by atoms with Crippen LogP contribution in [0.25, 0.3) is 0 Å². The van der Waals surface area contributed by atoms with Crippen LogP contribution in [0.3, 0.4) is 0 Å². The van der Waals surface area contributed by atoms with Crippen LogP contribution in [0.1, 0.15) is 29.2 Å². The molecule has 2 N–H and O–H groups in total. The first-order chi connectivity index (χ1) is 7.52. The molecule has 1 rings (SSSR count). The maximum atomic E-state index is 8.67. The Morgan fingerprint density at radius 3 is 2.69 bits per heavy atom. The number of methoxy groups -OCH3 is 1. The highest BCUT2D eigenvalue weighted by molar-refractivity contribution is 6.32. The first-order valence-corrected chi connectivity index (χ1v) is 5.36. The van der Waals surface area contributed by atoms with Gasteiger partial charge in [0, 0.05) is 16.6 Å². The number of benzene rings is 1.